The van der Waals surface area contributed by atoms with Crippen molar-refractivity contribution in [2.45, 2.75) is 54.5 Å². The number of pyridine rings is 5. The normalized spacial score (nSPS) is 13.0. The fraction of sp³-hybridized carbons (Fsp3) is 0.159. The lowest BCUT2D eigenvalue weighted by atomic mass is 9.89. The Labute approximate surface area is 667 Å². The number of H-pyrrole nitrogens is 6. The van der Waals surface area contributed by atoms with Gasteiger partial charge in [0.2, 0.25) is 11.6 Å². The molecule has 13 heterocycles. The minimum absolute atomic E-state index is 0. The third kappa shape index (κ3) is 16.7. The summed E-state index contributed by atoms with van der Waals surface area (Å²) in [6.45, 7) is 2.67. The van der Waals surface area contributed by atoms with Gasteiger partial charge in [-0.25, -0.2) is 17.6 Å². The van der Waals surface area contributed by atoms with Crippen LogP contribution in [0.2, 0.25) is 20.1 Å². The molecule has 2 atom stereocenters. The van der Waals surface area contributed by atoms with Crippen LogP contribution in [0.25, 0.3) is 120 Å². The SMILES string of the molecule is C.C.C.C.COc1c(Cl)cc2c([nH]c3cnccc32)c1N.COc1c(Cl)cc2c([nH]c3cnccc32)c1[N+](=O)[O-].Fc1cc2[nH]c3cnccc3c2cc1Cl.Fc1ccc2c(c1)NC1CNCCC21.Fc1ccc2c(c1)[nH]c1cnccc12.NCCc1c[nH]c2cc(F)ccc12.O=[N+]([O-])c1c(F)c(Cl)cc2c1[nH]c1cnccc12. The number of halogens is 9. The van der Waals surface area contributed by atoms with Crippen molar-refractivity contribution < 1.29 is 41.3 Å². The van der Waals surface area contributed by atoms with Crippen molar-refractivity contribution in [2.75, 3.05) is 44.9 Å². The van der Waals surface area contributed by atoms with Crippen molar-refractivity contribution in [2.24, 2.45) is 5.73 Å². The van der Waals surface area contributed by atoms with Crippen LogP contribution in [0.5, 0.6) is 11.5 Å². The van der Waals surface area contributed by atoms with Gasteiger partial charge in [-0.3, -0.25) is 45.1 Å². The highest BCUT2D eigenvalue weighted by Crippen LogP contribution is 2.45. The van der Waals surface area contributed by atoms with E-state index in [-0.39, 0.29) is 79.2 Å². The van der Waals surface area contributed by atoms with Crippen molar-refractivity contribution in [3.8, 4) is 11.5 Å². The van der Waals surface area contributed by atoms with Gasteiger partial charge in [-0.2, -0.15) is 4.39 Å². The fourth-order valence-corrected chi connectivity index (χ4v) is 14.7. The smallest absolute Gasteiger partial charge is 0.336 e. The number of hydrogen-bond acceptors (Lipinski definition) is 15. The first-order chi connectivity index (χ1) is 53.2. The van der Waals surface area contributed by atoms with E-state index in [1.165, 1.54) is 55.3 Å². The molecule has 2 unspecified atom stereocenters. The number of nitrogens with one attached hydrogen (secondary N) is 8. The molecule has 20 rings (SSSR count). The molecule has 0 spiro atoms. The summed E-state index contributed by atoms with van der Waals surface area (Å²) in [4.78, 5) is 59.1. The van der Waals surface area contributed by atoms with E-state index in [0.717, 1.165) is 119 Å². The molecule has 0 saturated carbocycles. The van der Waals surface area contributed by atoms with E-state index in [0.29, 0.717) is 67.7 Å². The summed E-state index contributed by atoms with van der Waals surface area (Å²) in [5, 5.41) is 39.3. The van der Waals surface area contributed by atoms with Crippen LogP contribution in [0.15, 0.2) is 183 Å². The van der Waals surface area contributed by atoms with E-state index < -0.39 is 27.2 Å². The Balaban J connectivity index is 0.000000140. The predicted molar refractivity (Wildman–Crippen MR) is 451 cm³/mol. The molecule has 7 aromatic carbocycles. The number of hydrogen-bond donors (Lipinski definition) is 10. The lowest BCUT2D eigenvalue weighted by Crippen LogP contribution is -2.40. The highest BCUT2D eigenvalue weighted by molar-refractivity contribution is 6.35. The number of anilines is 2. The van der Waals surface area contributed by atoms with Gasteiger partial charge in [0.15, 0.2) is 5.75 Å². The molecule has 2 aliphatic heterocycles. The lowest BCUT2D eigenvalue weighted by molar-refractivity contribution is -0.385. The van der Waals surface area contributed by atoms with Crippen LogP contribution < -0.4 is 31.6 Å². The van der Waals surface area contributed by atoms with Crippen LogP contribution >= 0.6 is 46.4 Å². The first-order valence-corrected chi connectivity index (χ1v) is 35.2. The van der Waals surface area contributed by atoms with Gasteiger partial charge in [-0.1, -0.05) is 82.2 Å². The van der Waals surface area contributed by atoms with Crippen LogP contribution in [0.3, 0.4) is 0 Å². The predicted octanol–water partition coefficient (Wildman–Crippen LogP) is 22.1. The van der Waals surface area contributed by atoms with Crippen LogP contribution in [-0.4, -0.2) is 105 Å². The first kappa shape index (κ1) is 84.0. The summed E-state index contributed by atoms with van der Waals surface area (Å²) >= 11 is 23.6. The lowest BCUT2D eigenvalue weighted by Gasteiger charge is -2.26. The average molecular weight is 1630 g/mol. The number of nitro benzene ring substituents is 2. The molecule has 0 amide bonds. The molecule has 1 fully saturated rings. The molecule has 2 aliphatic rings. The van der Waals surface area contributed by atoms with E-state index in [1.807, 2.05) is 36.5 Å². The van der Waals surface area contributed by atoms with Crippen molar-refractivity contribution in [1.82, 2.24) is 60.1 Å². The molecule has 114 heavy (non-hydrogen) atoms. The molecule has 0 radical (unpaired) electrons. The molecule has 12 N–H and O–H groups in total. The monoisotopic (exact) mass is 1630 g/mol. The number of nitrogens with zero attached hydrogens (tertiary/aromatic N) is 7. The second kappa shape index (κ2) is 35.9. The quantitative estimate of drug-likeness (QED) is 0.0320. The second-order valence-electron chi connectivity index (χ2n) is 25.2. The van der Waals surface area contributed by atoms with E-state index in [4.69, 9.17) is 67.3 Å². The maximum Gasteiger partial charge on any atom is 0.336 e. The topological polar surface area (TPSA) is 340 Å². The molecule has 0 bridgehead atoms. The Hall–Kier alpha value is -12.4. The van der Waals surface area contributed by atoms with E-state index in [1.54, 1.807) is 111 Å². The van der Waals surface area contributed by atoms with Gasteiger partial charge in [0.1, 0.15) is 40.0 Å². The number of nitrogen functional groups attached to an aromatic ring is 1. The molecule has 11 aromatic heterocycles. The highest BCUT2D eigenvalue weighted by Gasteiger charge is 2.34. The van der Waals surface area contributed by atoms with E-state index >= 15 is 0 Å². The standard InChI is InChI=1S/C12H8ClN3O3.C12H10ClN3O.C11H5ClFN3O2.C11H6ClFN2.C11H13FN2.C11H7FN2.C10H11FN2.4CH4/c1-19-12-8(13)4-7-6-2-3-14-5-9(6)15-10(7)11(12)16(17)18;1-17-12-8(13)4-7-6-2-3-15-5-9(6)16-11(7)10(12)14;12-7-3-6-5-1-2-14-4-8(5)15-10(6)11(9(7)13)16(17)18;12-8-3-7-6-1-2-14-5-11(6)15-10(7)4-9(8)13;2*12-7-1-2-8-9-3-4-13-6-11(9)14-10(8)5-7;11-8-1-2-9-7(3-4-12)6-13-10(9)5-8;;;;/h2-5,15H,1H3;2-5,16H,14H2,1H3;1-4,15H;1-5,15H;1-2,5,9,11,13-14H,3-4,6H2;1-6,14H;1-2,5-6,13H,3-4,12H2;4*1H4. The van der Waals surface area contributed by atoms with Crippen molar-refractivity contribution in [1.29, 1.82) is 0 Å². The minimum Gasteiger partial charge on any atom is -0.493 e. The third-order valence-corrected chi connectivity index (χ3v) is 19.9. The van der Waals surface area contributed by atoms with Crippen LogP contribution in [-0.2, 0) is 6.42 Å². The van der Waals surface area contributed by atoms with Gasteiger partial charge in [0.25, 0.3) is 0 Å². The molecular weight excluding hydrogens is 1560 g/mol. The maximum atomic E-state index is 13.7. The first-order valence-electron chi connectivity index (χ1n) is 33.7. The Morgan fingerprint density at radius 1 is 0.482 bits per heavy atom. The van der Waals surface area contributed by atoms with E-state index in [9.17, 15) is 42.2 Å². The van der Waals surface area contributed by atoms with Gasteiger partial charge in [0, 0.05) is 137 Å². The Bertz CT molecular complexity index is 6570. The average Bonchev–Trinajstić information content (AvgIpc) is 1.48. The number of piperidine rings is 1. The summed E-state index contributed by atoms with van der Waals surface area (Å²) in [7, 11) is 2.90. The summed E-state index contributed by atoms with van der Waals surface area (Å²) in [6, 6.07) is 32.1. The number of methoxy groups -OCH3 is 2. The zero-order valence-corrected chi connectivity index (χ0v) is 60.7. The van der Waals surface area contributed by atoms with Crippen LogP contribution in [0.1, 0.15) is 53.2 Å². The fourth-order valence-electron chi connectivity index (χ4n) is 13.8. The number of nitro groups is 2. The molecule has 0 aliphatic carbocycles. The van der Waals surface area contributed by atoms with Gasteiger partial charge in [-0.05, 0) is 146 Å². The van der Waals surface area contributed by atoms with Gasteiger partial charge < -0.3 is 61.5 Å². The molecule has 32 heteroatoms. The number of rotatable bonds is 6. The third-order valence-electron chi connectivity index (χ3n) is 18.7. The number of aromatic nitrogens is 11. The number of fused-ring (bicyclic) bond motifs is 19. The van der Waals surface area contributed by atoms with Crippen molar-refractivity contribution >= 4 is 189 Å². The van der Waals surface area contributed by atoms with E-state index in [2.05, 4.69) is 65.5 Å². The zero-order chi connectivity index (χ0) is 77.2. The Kier molecular flexibility index (Phi) is 26.5. The summed E-state index contributed by atoms with van der Waals surface area (Å²) < 4.78 is 75.8. The Morgan fingerprint density at radius 3 is 1.45 bits per heavy atom. The molecule has 588 valence electrons. The van der Waals surface area contributed by atoms with Crippen molar-refractivity contribution in [3.05, 3.63) is 264 Å². The molecule has 1 saturated heterocycles. The largest absolute Gasteiger partial charge is 0.493 e. The maximum absolute atomic E-state index is 13.7. The number of benzene rings is 7. The van der Waals surface area contributed by atoms with Gasteiger partial charge in [-0.15, -0.1) is 0 Å². The Morgan fingerprint density at radius 2 is 0.912 bits per heavy atom. The minimum atomic E-state index is -1.03. The number of aromatic amines is 6. The number of ether oxygens (including phenoxy) is 2. The molecule has 23 nitrogen and oxygen atoms in total. The number of nitrogens with two attached hydrogens (primary N) is 2. The summed E-state index contributed by atoms with van der Waals surface area (Å²) in [5.74, 6) is -0.907. The highest BCUT2D eigenvalue weighted by atomic mass is 35.5. The van der Waals surface area contributed by atoms with Crippen molar-refractivity contribution in [3.63, 3.8) is 0 Å². The molecular formula is C82H76Cl4F5N17O6. The van der Waals surface area contributed by atoms with Gasteiger partial charge >= 0.3 is 11.4 Å². The zero-order valence-electron chi connectivity index (χ0n) is 57.6. The van der Waals surface area contributed by atoms with Crippen LogP contribution in [0.4, 0.5) is 44.7 Å². The van der Waals surface area contributed by atoms with Crippen LogP contribution in [0, 0.1) is 49.3 Å². The second-order valence-corrected chi connectivity index (χ2v) is 26.8. The summed E-state index contributed by atoms with van der Waals surface area (Å²) in [5.41, 5.74) is 22.4. The molecule has 18 aromatic rings. The van der Waals surface area contributed by atoms with Gasteiger partial charge in [0.05, 0.1) is 108 Å². The summed E-state index contributed by atoms with van der Waals surface area (Å²) in [6.07, 6.45) is 20.6.